The van der Waals surface area contributed by atoms with Gasteiger partial charge in [-0.15, -0.1) is 0 Å². The van der Waals surface area contributed by atoms with Crippen LogP contribution in [0.3, 0.4) is 0 Å². The van der Waals surface area contributed by atoms with Gasteiger partial charge in [0.2, 0.25) is 5.95 Å². The summed E-state index contributed by atoms with van der Waals surface area (Å²) >= 11 is 0. The number of anilines is 3. The minimum absolute atomic E-state index is 0.256. The van der Waals surface area contributed by atoms with Crippen LogP contribution in [0.4, 0.5) is 21.8 Å². The summed E-state index contributed by atoms with van der Waals surface area (Å²) in [5.41, 5.74) is 1.72. The molecule has 1 aromatic heterocycles. The second-order valence-corrected chi connectivity index (χ2v) is 3.89. The molecule has 5 heteroatoms. The molecule has 0 bridgehead atoms. The van der Waals surface area contributed by atoms with Crippen molar-refractivity contribution < 1.29 is 4.39 Å². The number of hydrogen-bond acceptors (Lipinski definition) is 4. The van der Waals surface area contributed by atoms with E-state index in [0.29, 0.717) is 11.8 Å². The number of hydrogen-bond donors (Lipinski definition) is 2. The van der Waals surface area contributed by atoms with Crippen LogP contribution in [0, 0.1) is 12.7 Å². The lowest BCUT2D eigenvalue weighted by atomic mass is 10.3. The Morgan fingerprint density at radius 1 is 1.22 bits per heavy atom. The highest BCUT2D eigenvalue weighted by atomic mass is 19.1. The molecule has 0 saturated carbocycles. The molecular weight excluding hydrogens is 231 g/mol. The first-order valence-corrected chi connectivity index (χ1v) is 5.79. The van der Waals surface area contributed by atoms with Gasteiger partial charge >= 0.3 is 0 Å². The lowest BCUT2D eigenvalue weighted by molar-refractivity contribution is 0.628. The normalized spacial score (nSPS) is 10.2. The van der Waals surface area contributed by atoms with Crippen LogP contribution in [-0.2, 0) is 0 Å². The number of nitrogens with zero attached hydrogens (tertiary/aromatic N) is 2. The molecule has 1 aromatic carbocycles. The summed E-state index contributed by atoms with van der Waals surface area (Å²) in [6, 6.07) is 6.15. The second-order valence-electron chi connectivity index (χ2n) is 3.89. The van der Waals surface area contributed by atoms with Crippen molar-refractivity contribution in [1.29, 1.82) is 0 Å². The molecule has 4 nitrogen and oxygen atoms in total. The maximum atomic E-state index is 12.8. The molecule has 2 N–H and O–H groups in total. The Kier molecular flexibility index (Phi) is 3.72. The lowest BCUT2D eigenvalue weighted by Gasteiger charge is -2.10. The largest absolute Gasteiger partial charge is 0.354 e. The molecule has 2 aromatic rings. The van der Waals surface area contributed by atoms with Crippen molar-refractivity contribution in [1.82, 2.24) is 9.97 Å². The van der Waals surface area contributed by atoms with Gasteiger partial charge in [-0.05, 0) is 38.1 Å². The predicted molar refractivity (Wildman–Crippen MR) is 70.6 cm³/mol. The van der Waals surface area contributed by atoms with Crippen LogP contribution >= 0.6 is 0 Å². The van der Waals surface area contributed by atoms with Crippen LogP contribution in [-0.4, -0.2) is 16.5 Å². The molecule has 0 aliphatic rings. The number of rotatable bonds is 4. The summed E-state index contributed by atoms with van der Waals surface area (Å²) in [4.78, 5) is 8.51. The Morgan fingerprint density at radius 2 is 1.94 bits per heavy atom. The maximum absolute atomic E-state index is 12.8. The molecule has 18 heavy (non-hydrogen) atoms. The molecule has 2 rings (SSSR count). The molecule has 0 amide bonds. The summed E-state index contributed by atoms with van der Waals surface area (Å²) in [7, 11) is 0. The first-order valence-electron chi connectivity index (χ1n) is 5.79. The van der Waals surface area contributed by atoms with E-state index < -0.39 is 0 Å². The first kappa shape index (κ1) is 12.3. The third-order valence-electron chi connectivity index (χ3n) is 2.41. The highest BCUT2D eigenvalue weighted by molar-refractivity contribution is 5.59. The summed E-state index contributed by atoms with van der Waals surface area (Å²) < 4.78 is 12.8. The Bertz CT molecular complexity index is 525. The van der Waals surface area contributed by atoms with Crippen molar-refractivity contribution in [3.8, 4) is 0 Å². The molecule has 0 fully saturated rings. The first-order chi connectivity index (χ1) is 8.69. The third kappa shape index (κ3) is 2.94. The zero-order valence-electron chi connectivity index (χ0n) is 10.4. The van der Waals surface area contributed by atoms with E-state index in [1.54, 1.807) is 18.3 Å². The fourth-order valence-corrected chi connectivity index (χ4v) is 1.48. The number of aryl methyl sites for hydroxylation is 1. The van der Waals surface area contributed by atoms with Crippen molar-refractivity contribution in [3.05, 3.63) is 41.8 Å². The SMILES string of the molecule is CCNc1ncc(C)c(Nc2ccc(F)cc2)n1. The van der Waals surface area contributed by atoms with Gasteiger partial charge in [0.15, 0.2) is 0 Å². The molecule has 0 unspecified atom stereocenters. The molecule has 94 valence electrons. The van der Waals surface area contributed by atoms with Crippen LogP contribution in [0.2, 0.25) is 0 Å². The van der Waals surface area contributed by atoms with E-state index in [0.717, 1.165) is 17.8 Å². The second kappa shape index (κ2) is 5.44. The van der Waals surface area contributed by atoms with Crippen molar-refractivity contribution in [2.75, 3.05) is 17.2 Å². The van der Waals surface area contributed by atoms with Crippen LogP contribution < -0.4 is 10.6 Å². The van der Waals surface area contributed by atoms with Crippen molar-refractivity contribution in [3.63, 3.8) is 0 Å². The summed E-state index contributed by atoms with van der Waals surface area (Å²) in [5.74, 6) is 1.04. The van der Waals surface area contributed by atoms with Crippen molar-refractivity contribution >= 4 is 17.5 Å². The lowest BCUT2D eigenvalue weighted by Crippen LogP contribution is -2.05. The van der Waals surface area contributed by atoms with E-state index in [2.05, 4.69) is 20.6 Å². The van der Waals surface area contributed by atoms with E-state index in [-0.39, 0.29) is 5.82 Å². The number of benzene rings is 1. The van der Waals surface area contributed by atoms with E-state index in [9.17, 15) is 4.39 Å². The van der Waals surface area contributed by atoms with Crippen LogP contribution in [0.25, 0.3) is 0 Å². The minimum Gasteiger partial charge on any atom is -0.354 e. The summed E-state index contributed by atoms with van der Waals surface area (Å²) in [5, 5.41) is 6.19. The van der Waals surface area contributed by atoms with Crippen LogP contribution in [0.5, 0.6) is 0 Å². The van der Waals surface area contributed by atoms with Gasteiger partial charge in [0.1, 0.15) is 11.6 Å². The van der Waals surface area contributed by atoms with Gasteiger partial charge in [0.05, 0.1) is 0 Å². The standard InChI is InChI=1S/C13H15FN4/c1-3-15-13-16-8-9(2)12(18-13)17-11-6-4-10(14)5-7-11/h4-8H,3H2,1-2H3,(H2,15,16,17,18). The smallest absolute Gasteiger partial charge is 0.224 e. The molecular formula is C13H15FN4. The molecule has 0 radical (unpaired) electrons. The van der Waals surface area contributed by atoms with Gasteiger partial charge < -0.3 is 10.6 Å². The number of nitrogens with one attached hydrogen (secondary N) is 2. The predicted octanol–water partition coefficient (Wildman–Crippen LogP) is 3.10. The molecule has 0 saturated heterocycles. The molecule has 0 aliphatic carbocycles. The highest BCUT2D eigenvalue weighted by Gasteiger charge is 2.03. The zero-order chi connectivity index (χ0) is 13.0. The maximum Gasteiger partial charge on any atom is 0.224 e. The Hall–Kier alpha value is -2.17. The van der Waals surface area contributed by atoms with E-state index in [4.69, 9.17) is 0 Å². The molecule has 1 heterocycles. The Balaban J connectivity index is 2.22. The van der Waals surface area contributed by atoms with Gasteiger partial charge in [-0.2, -0.15) is 4.98 Å². The minimum atomic E-state index is -0.256. The van der Waals surface area contributed by atoms with E-state index in [1.165, 1.54) is 12.1 Å². The number of halogens is 1. The van der Waals surface area contributed by atoms with E-state index >= 15 is 0 Å². The average molecular weight is 246 g/mol. The monoisotopic (exact) mass is 246 g/mol. The Morgan fingerprint density at radius 3 is 2.61 bits per heavy atom. The topological polar surface area (TPSA) is 49.8 Å². The molecule has 0 atom stereocenters. The Labute approximate surface area is 105 Å². The van der Waals surface area contributed by atoms with Gasteiger partial charge in [0.25, 0.3) is 0 Å². The fourth-order valence-electron chi connectivity index (χ4n) is 1.48. The summed E-state index contributed by atoms with van der Waals surface area (Å²) in [6.45, 7) is 4.66. The van der Waals surface area contributed by atoms with Gasteiger partial charge in [-0.25, -0.2) is 9.37 Å². The quantitative estimate of drug-likeness (QED) is 0.870. The van der Waals surface area contributed by atoms with Crippen LogP contribution in [0.15, 0.2) is 30.5 Å². The molecule has 0 aliphatic heterocycles. The third-order valence-corrected chi connectivity index (χ3v) is 2.41. The van der Waals surface area contributed by atoms with Crippen molar-refractivity contribution in [2.24, 2.45) is 0 Å². The average Bonchev–Trinajstić information content (AvgIpc) is 2.36. The summed E-state index contributed by atoms with van der Waals surface area (Å²) in [6.07, 6.45) is 1.75. The van der Waals surface area contributed by atoms with Gasteiger partial charge in [-0.1, -0.05) is 0 Å². The van der Waals surface area contributed by atoms with E-state index in [1.807, 2.05) is 13.8 Å². The number of aromatic nitrogens is 2. The van der Waals surface area contributed by atoms with Crippen LogP contribution in [0.1, 0.15) is 12.5 Å². The van der Waals surface area contributed by atoms with Gasteiger partial charge in [0, 0.05) is 24.0 Å². The van der Waals surface area contributed by atoms with Gasteiger partial charge in [-0.3, -0.25) is 0 Å². The molecule has 0 spiro atoms. The van der Waals surface area contributed by atoms with Crippen molar-refractivity contribution in [2.45, 2.75) is 13.8 Å². The fraction of sp³-hybridized carbons (Fsp3) is 0.231. The highest BCUT2D eigenvalue weighted by Crippen LogP contribution is 2.19. The zero-order valence-corrected chi connectivity index (χ0v) is 10.4.